The molecule has 0 saturated heterocycles. The van der Waals surface area contributed by atoms with Crippen LogP contribution in [-0.2, 0) is 9.59 Å². The predicted octanol–water partition coefficient (Wildman–Crippen LogP) is 1.54. The first-order chi connectivity index (χ1) is 6.36. The van der Waals surface area contributed by atoms with E-state index in [1.807, 2.05) is 6.07 Å². The molecule has 0 bridgehead atoms. The Morgan fingerprint density at radius 1 is 1.08 bits per heavy atom. The summed E-state index contributed by atoms with van der Waals surface area (Å²) >= 11 is 0. The van der Waals surface area contributed by atoms with E-state index in [4.69, 9.17) is 0 Å². The highest BCUT2D eigenvalue weighted by molar-refractivity contribution is 5.82. The van der Waals surface area contributed by atoms with Gasteiger partial charge in [0, 0.05) is 0 Å². The van der Waals surface area contributed by atoms with E-state index in [0.29, 0.717) is 18.3 Å². The molecule has 66 valence electrons. The predicted molar refractivity (Wildman–Crippen MR) is 46.9 cm³/mol. The molecule has 0 fully saturated rings. The van der Waals surface area contributed by atoms with E-state index >= 15 is 0 Å². The second-order valence-electron chi connectivity index (χ2n) is 2.31. The number of carbonyl (C=O) groups excluding carboxylic acids is 2. The lowest BCUT2D eigenvalue weighted by Gasteiger charge is -1.91. The van der Waals surface area contributed by atoms with Crippen LogP contribution in [0, 0.1) is 0 Å². The standard InChI is InChI=1S/C9H8N2O2/c12-6-9(7-13)11-10-8-4-2-1-3-5-8/h1-7,9H. The van der Waals surface area contributed by atoms with E-state index in [2.05, 4.69) is 10.2 Å². The fourth-order valence-corrected chi connectivity index (χ4v) is 0.715. The van der Waals surface area contributed by atoms with Gasteiger partial charge in [-0.15, -0.1) is 0 Å². The zero-order chi connectivity index (χ0) is 9.52. The van der Waals surface area contributed by atoms with Crippen molar-refractivity contribution in [1.29, 1.82) is 0 Å². The highest BCUT2D eigenvalue weighted by Gasteiger charge is 2.00. The van der Waals surface area contributed by atoms with Gasteiger partial charge in [0.15, 0.2) is 18.6 Å². The molecule has 0 N–H and O–H groups in total. The van der Waals surface area contributed by atoms with Gasteiger partial charge in [-0.2, -0.15) is 10.2 Å². The van der Waals surface area contributed by atoms with Crippen molar-refractivity contribution in [3.05, 3.63) is 30.3 Å². The maximum Gasteiger partial charge on any atom is 0.181 e. The fourth-order valence-electron chi connectivity index (χ4n) is 0.715. The largest absolute Gasteiger partial charge is 0.300 e. The average molecular weight is 176 g/mol. The van der Waals surface area contributed by atoms with Crippen LogP contribution in [0.15, 0.2) is 40.6 Å². The Bertz CT molecular complexity index is 301. The summed E-state index contributed by atoms with van der Waals surface area (Å²) in [7, 11) is 0. The number of carbonyl (C=O) groups is 2. The minimum Gasteiger partial charge on any atom is -0.300 e. The molecule has 0 saturated carbocycles. The van der Waals surface area contributed by atoms with Gasteiger partial charge in [-0.1, -0.05) is 18.2 Å². The van der Waals surface area contributed by atoms with E-state index in [-0.39, 0.29) is 0 Å². The first-order valence-corrected chi connectivity index (χ1v) is 3.73. The Kier molecular flexibility index (Phi) is 3.50. The minimum absolute atomic E-state index is 0.444. The fraction of sp³-hybridized carbons (Fsp3) is 0.111. The first kappa shape index (κ1) is 9.25. The Labute approximate surface area is 75.3 Å². The molecule has 0 aliphatic carbocycles. The zero-order valence-electron chi connectivity index (χ0n) is 6.83. The van der Waals surface area contributed by atoms with E-state index < -0.39 is 6.04 Å². The molecule has 1 rings (SSSR count). The van der Waals surface area contributed by atoms with Crippen molar-refractivity contribution in [2.45, 2.75) is 6.04 Å². The highest BCUT2D eigenvalue weighted by atomic mass is 16.1. The van der Waals surface area contributed by atoms with E-state index in [0.717, 1.165) is 0 Å². The summed E-state index contributed by atoms with van der Waals surface area (Å²) in [6, 6.07) is 7.92. The highest BCUT2D eigenvalue weighted by Crippen LogP contribution is 2.10. The molecule has 4 heteroatoms. The Balaban J connectivity index is 2.68. The van der Waals surface area contributed by atoms with Gasteiger partial charge >= 0.3 is 0 Å². The zero-order valence-corrected chi connectivity index (χ0v) is 6.83. The maximum absolute atomic E-state index is 10.2. The third kappa shape index (κ3) is 2.94. The number of azo groups is 1. The smallest absolute Gasteiger partial charge is 0.181 e. The lowest BCUT2D eigenvalue weighted by Crippen LogP contribution is -2.05. The summed E-state index contributed by atoms with van der Waals surface area (Å²) in [6.07, 6.45) is 0.888. The quantitative estimate of drug-likeness (QED) is 0.397. The molecule has 13 heavy (non-hydrogen) atoms. The maximum atomic E-state index is 10.2. The number of rotatable bonds is 4. The number of nitrogens with zero attached hydrogens (tertiary/aromatic N) is 2. The molecule has 0 aromatic heterocycles. The van der Waals surface area contributed by atoms with E-state index in [1.165, 1.54) is 0 Å². The molecule has 0 amide bonds. The molecule has 0 unspecified atom stereocenters. The molecule has 0 atom stereocenters. The molecule has 4 nitrogen and oxygen atoms in total. The van der Waals surface area contributed by atoms with Gasteiger partial charge in [0.2, 0.25) is 0 Å². The molecule has 1 aromatic rings. The minimum atomic E-state index is -0.986. The lowest BCUT2D eigenvalue weighted by atomic mass is 10.3. The van der Waals surface area contributed by atoms with Crippen LogP contribution in [-0.4, -0.2) is 18.6 Å². The average Bonchev–Trinajstić information content (AvgIpc) is 2.21. The Morgan fingerprint density at radius 2 is 1.69 bits per heavy atom. The first-order valence-electron chi connectivity index (χ1n) is 3.73. The SMILES string of the molecule is O=CC(C=O)N=Nc1ccccc1. The van der Waals surface area contributed by atoms with Crippen molar-refractivity contribution >= 4 is 18.3 Å². The molecular weight excluding hydrogens is 168 g/mol. The number of aldehydes is 2. The van der Waals surface area contributed by atoms with Crippen LogP contribution >= 0.6 is 0 Å². The summed E-state index contributed by atoms with van der Waals surface area (Å²) in [4.78, 5) is 20.3. The van der Waals surface area contributed by atoms with Crippen LogP contribution in [0.2, 0.25) is 0 Å². The monoisotopic (exact) mass is 176 g/mol. The normalized spacial score (nSPS) is 10.5. The van der Waals surface area contributed by atoms with Crippen molar-refractivity contribution in [1.82, 2.24) is 0 Å². The van der Waals surface area contributed by atoms with Crippen LogP contribution in [0.5, 0.6) is 0 Å². The third-order valence-electron chi connectivity index (χ3n) is 1.34. The molecular formula is C9H8N2O2. The van der Waals surface area contributed by atoms with Crippen molar-refractivity contribution in [2.75, 3.05) is 0 Å². The van der Waals surface area contributed by atoms with E-state index in [1.54, 1.807) is 24.3 Å². The molecule has 0 spiro atoms. The summed E-state index contributed by atoms with van der Waals surface area (Å²) in [5.41, 5.74) is 0.621. The van der Waals surface area contributed by atoms with Gasteiger partial charge in [-0.3, -0.25) is 0 Å². The summed E-state index contributed by atoms with van der Waals surface area (Å²) in [5, 5.41) is 7.23. The van der Waals surface area contributed by atoms with Gasteiger partial charge < -0.3 is 9.59 Å². The Morgan fingerprint density at radius 3 is 2.23 bits per heavy atom. The summed E-state index contributed by atoms with van der Waals surface area (Å²) in [6.45, 7) is 0. The van der Waals surface area contributed by atoms with Crippen LogP contribution < -0.4 is 0 Å². The molecule has 1 aromatic carbocycles. The van der Waals surface area contributed by atoms with Gasteiger partial charge in [0.25, 0.3) is 0 Å². The number of hydrogen-bond acceptors (Lipinski definition) is 4. The van der Waals surface area contributed by atoms with E-state index in [9.17, 15) is 9.59 Å². The van der Waals surface area contributed by atoms with Gasteiger partial charge in [0.1, 0.15) is 0 Å². The van der Waals surface area contributed by atoms with Gasteiger partial charge in [-0.25, -0.2) is 0 Å². The van der Waals surface area contributed by atoms with Gasteiger partial charge in [0.05, 0.1) is 5.69 Å². The van der Waals surface area contributed by atoms with Crippen molar-refractivity contribution in [2.24, 2.45) is 10.2 Å². The van der Waals surface area contributed by atoms with Crippen LogP contribution in [0.4, 0.5) is 5.69 Å². The van der Waals surface area contributed by atoms with Crippen LogP contribution in [0.3, 0.4) is 0 Å². The van der Waals surface area contributed by atoms with Crippen molar-refractivity contribution < 1.29 is 9.59 Å². The molecule has 0 aliphatic rings. The van der Waals surface area contributed by atoms with Crippen LogP contribution in [0.25, 0.3) is 0 Å². The summed E-state index contributed by atoms with van der Waals surface area (Å²) < 4.78 is 0. The van der Waals surface area contributed by atoms with Crippen LogP contribution in [0.1, 0.15) is 0 Å². The third-order valence-corrected chi connectivity index (χ3v) is 1.34. The molecule has 0 radical (unpaired) electrons. The number of hydrogen-bond donors (Lipinski definition) is 0. The second kappa shape index (κ2) is 4.92. The second-order valence-corrected chi connectivity index (χ2v) is 2.31. The lowest BCUT2D eigenvalue weighted by molar-refractivity contribution is -0.116. The topological polar surface area (TPSA) is 58.9 Å². The molecule has 0 aliphatic heterocycles. The van der Waals surface area contributed by atoms with Crippen molar-refractivity contribution in [3.63, 3.8) is 0 Å². The summed E-state index contributed by atoms with van der Waals surface area (Å²) in [5.74, 6) is 0. The molecule has 0 heterocycles. The number of benzene rings is 1. The van der Waals surface area contributed by atoms with Gasteiger partial charge in [-0.05, 0) is 12.1 Å². The van der Waals surface area contributed by atoms with Crippen molar-refractivity contribution in [3.8, 4) is 0 Å². The Hall–Kier alpha value is -1.84.